The first kappa shape index (κ1) is 21.3. The van der Waals surface area contributed by atoms with Crippen LogP contribution < -0.4 is 5.32 Å². The zero-order chi connectivity index (χ0) is 22.7. The third kappa shape index (κ3) is 4.53. The van der Waals surface area contributed by atoms with Crippen molar-refractivity contribution in [2.45, 2.75) is 25.6 Å². The highest BCUT2D eigenvalue weighted by Crippen LogP contribution is 2.33. The summed E-state index contributed by atoms with van der Waals surface area (Å²) in [5, 5.41) is 10.2. The first-order chi connectivity index (χ1) is 15.3. The number of alkyl halides is 3. The van der Waals surface area contributed by atoms with Gasteiger partial charge >= 0.3 is 6.18 Å². The molecule has 0 aliphatic carbocycles. The van der Waals surface area contributed by atoms with Crippen molar-refractivity contribution in [3.8, 4) is 17.1 Å². The van der Waals surface area contributed by atoms with Crippen molar-refractivity contribution < 1.29 is 22.5 Å². The topological polar surface area (TPSA) is 85.8 Å². The van der Waals surface area contributed by atoms with Gasteiger partial charge in [0.05, 0.1) is 17.4 Å². The molecule has 0 bridgehead atoms. The Morgan fingerprint density at radius 1 is 1.09 bits per heavy atom. The van der Waals surface area contributed by atoms with E-state index in [-0.39, 0.29) is 18.0 Å². The minimum atomic E-state index is -4.78. The molecule has 164 valence electrons. The molecule has 0 saturated heterocycles. The van der Waals surface area contributed by atoms with Crippen LogP contribution in [0.2, 0.25) is 0 Å². The number of nitrogens with zero attached hydrogens (tertiary/aromatic N) is 4. The number of benzene rings is 2. The van der Waals surface area contributed by atoms with Gasteiger partial charge in [-0.05, 0) is 19.1 Å². The Hall–Kier alpha value is -3.95. The van der Waals surface area contributed by atoms with Gasteiger partial charge in [0.1, 0.15) is 0 Å². The van der Waals surface area contributed by atoms with Crippen LogP contribution in [0, 0.1) is 0 Å². The largest absolute Gasteiger partial charge is 0.434 e. The summed E-state index contributed by atoms with van der Waals surface area (Å²) in [6.45, 7) is 1.64. The molecule has 2 aromatic carbocycles. The van der Waals surface area contributed by atoms with E-state index in [1.807, 2.05) is 30.3 Å². The Balaban J connectivity index is 1.51. The van der Waals surface area contributed by atoms with Gasteiger partial charge in [0.15, 0.2) is 5.69 Å². The molecular formula is C22H18F3N5O2. The number of para-hydroxylation sites is 1. The molecule has 4 rings (SSSR count). The van der Waals surface area contributed by atoms with Crippen LogP contribution in [-0.4, -0.2) is 31.9 Å². The summed E-state index contributed by atoms with van der Waals surface area (Å²) in [5.41, 5.74) is -0.741. The van der Waals surface area contributed by atoms with Crippen LogP contribution in [0.5, 0.6) is 0 Å². The summed E-state index contributed by atoms with van der Waals surface area (Å²) >= 11 is 0. The quantitative estimate of drug-likeness (QED) is 0.482. The second-order valence-electron chi connectivity index (χ2n) is 7.11. The number of rotatable bonds is 6. The second-order valence-corrected chi connectivity index (χ2v) is 7.11. The van der Waals surface area contributed by atoms with E-state index in [2.05, 4.69) is 20.6 Å². The molecule has 10 heteroatoms. The van der Waals surface area contributed by atoms with E-state index in [0.717, 1.165) is 11.8 Å². The summed E-state index contributed by atoms with van der Waals surface area (Å²) in [4.78, 5) is 16.9. The van der Waals surface area contributed by atoms with Gasteiger partial charge in [-0.1, -0.05) is 53.7 Å². The van der Waals surface area contributed by atoms with Crippen molar-refractivity contribution in [1.82, 2.24) is 25.2 Å². The van der Waals surface area contributed by atoms with Crippen molar-refractivity contribution in [3.63, 3.8) is 0 Å². The molecule has 1 N–H and O–H groups in total. The van der Waals surface area contributed by atoms with Gasteiger partial charge in [0.25, 0.3) is 5.91 Å². The molecule has 2 heterocycles. The number of nitrogens with one attached hydrogen (secondary N) is 1. The van der Waals surface area contributed by atoms with Crippen LogP contribution in [-0.2, 0) is 12.6 Å². The van der Waals surface area contributed by atoms with E-state index >= 15 is 0 Å². The van der Waals surface area contributed by atoms with Crippen LogP contribution in [0.25, 0.3) is 17.1 Å². The SMILES string of the molecule is CC(Cc1nc(-c2ccccc2)no1)NC(=O)c1cnn(-c2ccccc2)c1C(F)(F)F. The first-order valence-corrected chi connectivity index (χ1v) is 9.72. The lowest BCUT2D eigenvalue weighted by atomic mass is 10.1. The standard InChI is InChI=1S/C22H18F3N5O2/c1-14(12-18-28-20(29-32-18)15-8-4-2-5-9-15)27-21(31)17-13-26-30(19(17)22(23,24)25)16-10-6-3-7-11-16/h2-11,13-14H,12H2,1H3,(H,27,31). The molecule has 0 aliphatic rings. The smallest absolute Gasteiger partial charge is 0.349 e. The molecule has 0 radical (unpaired) electrons. The molecule has 2 aromatic heterocycles. The molecule has 0 aliphatic heterocycles. The maximum absolute atomic E-state index is 13.8. The number of aromatic nitrogens is 4. The van der Waals surface area contributed by atoms with Gasteiger partial charge in [-0.2, -0.15) is 23.3 Å². The fourth-order valence-electron chi connectivity index (χ4n) is 3.21. The molecule has 1 atom stereocenters. The number of hydrogen-bond acceptors (Lipinski definition) is 5. The Morgan fingerprint density at radius 2 is 1.75 bits per heavy atom. The number of hydrogen-bond donors (Lipinski definition) is 1. The van der Waals surface area contributed by atoms with Gasteiger partial charge in [0.2, 0.25) is 11.7 Å². The maximum Gasteiger partial charge on any atom is 0.434 e. The zero-order valence-corrected chi connectivity index (χ0v) is 16.9. The lowest BCUT2D eigenvalue weighted by molar-refractivity contribution is -0.143. The average molecular weight is 441 g/mol. The lowest BCUT2D eigenvalue weighted by Gasteiger charge is -2.15. The molecular weight excluding hydrogens is 423 g/mol. The van der Waals surface area contributed by atoms with Crippen molar-refractivity contribution in [1.29, 1.82) is 0 Å². The molecule has 0 saturated carbocycles. The predicted molar refractivity (Wildman–Crippen MR) is 109 cm³/mol. The van der Waals surface area contributed by atoms with E-state index in [4.69, 9.17) is 4.52 Å². The normalized spacial score (nSPS) is 12.5. The summed E-state index contributed by atoms with van der Waals surface area (Å²) in [6, 6.07) is 16.4. The number of halogens is 3. The fraction of sp³-hybridized carbons (Fsp3) is 0.182. The third-order valence-corrected chi connectivity index (χ3v) is 4.64. The molecule has 0 spiro atoms. The van der Waals surface area contributed by atoms with Crippen LogP contribution in [0.1, 0.15) is 28.9 Å². The molecule has 7 nitrogen and oxygen atoms in total. The average Bonchev–Trinajstić information content (AvgIpc) is 3.42. The van der Waals surface area contributed by atoms with Gasteiger partial charge in [-0.25, -0.2) is 4.68 Å². The fourth-order valence-corrected chi connectivity index (χ4v) is 3.21. The highest BCUT2D eigenvalue weighted by molar-refractivity contribution is 5.95. The zero-order valence-electron chi connectivity index (χ0n) is 16.9. The van der Waals surface area contributed by atoms with Crippen LogP contribution in [0.15, 0.2) is 71.4 Å². The summed E-state index contributed by atoms with van der Waals surface area (Å²) in [7, 11) is 0. The monoisotopic (exact) mass is 441 g/mol. The second kappa shape index (κ2) is 8.66. The van der Waals surface area contributed by atoms with Gasteiger partial charge < -0.3 is 9.84 Å². The number of amides is 1. The van der Waals surface area contributed by atoms with Crippen molar-refractivity contribution in [2.75, 3.05) is 0 Å². The molecule has 32 heavy (non-hydrogen) atoms. The highest BCUT2D eigenvalue weighted by Gasteiger charge is 2.40. The summed E-state index contributed by atoms with van der Waals surface area (Å²) < 4.78 is 47.2. The molecule has 0 fully saturated rings. The Bertz CT molecular complexity index is 1200. The summed E-state index contributed by atoms with van der Waals surface area (Å²) in [5.74, 6) is -0.245. The Kier molecular flexibility index (Phi) is 5.76. The van der Waals surface area contributed by atoms with E-state index in [1.165, 1.54) is 12.1 Å². The first-order valence-electron chi connectivity index (χ1n) is 9.72. The van der Waals surface area contributed by atoms with Crippen molar-refractivity contribution >= 4 is 5.91 Å². The Morgan fingerprint density at radius 3 is 2.41 bits per heavy atom. The number of carbonyl (C=O) groups is 1. The van der Waals surface area contributed by atoms with Crippen LogP contribution >= 0.6 is 0 Å². The maximum atomic E-state index is 13.8. The third-order valence-electron chi connectivity index (χ3n) is 4.64. The van der Waals surface area contributed by atoms with E-state index < -0.39 is 29.4 Å². The number of carbonyl (C=O) groups excluding carboxylic acids is 1. The van der Waals surface area contributed by atoms with Crippen molar-refractivity contribution in [2.24, 2.45) is 0 Å². The highest BCUT2D eigenvalue weighted by atomic mass is 19.4. The molecule has 1 unspecified atom stereocenters. The van der Waals surface area contributed by atoms with E-state index in [1.54, 1.807) is 25.1 Å². The Labute approximate surface area is 180 Å². The van der Waals surface area contributed by atoms with Gasteiger partial charge in [-0.15, -0.1) is 0 Å². The molecule has 1 amide bonds. The minimum Gasteiger partial charge on any atom is -0.349 e. The lowest BCUT2D eigenvalue weighted by Crippen LogP contribution is -2.35. The predicted octanol–water partition coefficient (Wildman–Crippen LogP) is 4.30. The van der Waals surface area contributed by atoms with Gasteiger partial charge in [0, 0.05) is 18.0 Å². The summed E-state index contributed by atoms with van der Waals surface area (Å²) in [6.07, 6.45) is -3.71. The van der Waals surface area contributed by atoms with Gasteiger partial charge in [-0.3, -0.25) is 4.79 Å². The van der Waals surface area contributed by atoms with E-state index in [0.29, 0.717) is 10.5 Å². The minimum absolute atomic E-state index is 0.153. The van der Waals surface area contributed by atoms with Crippen molar-refractivity contribution in [3.05, 3.63) is 84.0 Å². The van der Waals surface area contributed by atoms with E-state index in [9.17, 15) is 18.0 Å². The van der Waals surface area contributed by atoms with Crippen LogP contribution in [0.4, 0.5) is 13.2 Å². The molecule has 4 aromatic rings. The van der Waals surface area contributed by atoms with Crippen LogP contribution in [0.3, 0.4) is 0 Å².